The summed E-state index contributed by atoms with van der Waals surface area (Å²) in [4.78, 5) is 24.7. The summed E-state index contributed by atoms with van der Waals surface area (Å²) in [5, 5.41) is 12.1. The molecule has 2 atom stereocenters. The number of carbonyl (C=O) groups is 1. The molecule has 31 heavy (non-hydrogen) atoms. The molecule has 2 heterocycles. The van der Waals surface area contributed by atoms with E-state index in [1.807, 2.05) is 32.0 Å². The molecule has 2 aliphatic rings. The van der Waals surface area contributed by atoms with E-state index >= 15 is 0 Å². The Hall–Kier alpha value is -2.72. The monoisotopic (exact) mass is 444 g/mol. The van der Waals surface area contributed by atoms with Gasteiger partial charge in [0.2, 0.25) is 0 Å². The molecule has 0 fully saturated rings. The lowest BCUT2D eigenvalue weighted by molar-refractivity contribution is -0.121. The highest BCUT2D eigenvalue weighted by atomic mass is 32.2. The molecule has 0 aromatic heterocycles. The number of ether oxygens (including phenoxy) is 1. The van der Waals surface area contributed by atoms with E-state index in [2.05, 4.69) is 20.9 Å². The Morgan fingerprint density at radius 1 is 1.48 bits per heavy atom. The normalized spacial score (nSPS) is 19.0. The fraction of sp³-hybridized carbons (Fsp3) is 0.476. The fourth-order valence-electron chi connectivity index (χ4n) is 3.71. The Labute approximate surface area is 185 Å². The Balaban J connectivity index is 1.77. The van der Waals surface area contributed by atoms with Crippen LogP contribution in [0.4, 0.5) is 0 Å². The van der Waals surface area contributed by atoms with Gasteiger partial charge in [-0.1, -0.05) is 36.9 Å². The van der Waals surface area contributed by atoms with Crippen LogP contribution in [0, 0.1) is 16.4 Å². The van der Waals surface area contributed by atoms with Crippen molar-refractivity contribution in [2.75, 3.05) is 19.7 Å². The van der Waals surface area contributed by atoms with Crippen molar-refractivity contribution in [3.05, 3.63) is 45.3 Å². The third kappa shape index (κ3) is 5.50. The molecule has 0 aliphatic carbocycles. The average Bonchev–Trinajstić information content (AvgIpc) is 3.08. The molecule has 1 amide bonds. The van der Waals surface area contributed by atoms with Crippen LogP contribution < -0.4 is 21.1 Å². The van der Waals surface area contributed by atoms with Gasteiger partial charge in [-0.2, -0.15) is 10.0 Å². The second kappa shape index (κ2) is 10.5. The van der Waals surface area contributed by atoms with Crippen LogP contribution in [0.3, 0.4) is 0 Å². The molecule has 1 aromatic carbocycles. The first kappa shape index (κ1) is 23.0. The highest BCUT2D eigenvalue weighted by molar-refractivity contribution is 8.04. The van der Waals surface area contributed by atoms with Crippen LogP contribution >= 0.6 is 11.8 Å². The Morgan fingerprint density at radius 3 is 2.97 bits per heavy atom. The first-order valence-electron chi connectivity index (χ1n) is 10.3. The Bertz CT molecular complexity index is 914. The van der Waals surface area contributed by atoms with Gasteiger partial charge in [0.05, 0.1) is 24.5 Å². The maximum Gasteiger partial charge on any atom is 0.253 e. The molecule has 9 nitrogen and oxygen atoms in total. The summed E-state index contributed by atoms with van der Waals surface area (Å²) in [6.07, 6.45) is 2.81. The minimum Gasteiger partial charge on any atom is -0.492 e. The number of carbonyl (C=O) groups excluding carboxylic acids is 1. The molecule has 1 aromatic rings. The number of nitroso groups, excluding NO2 is 1. The lowest BCUT2D eigenvalue weighted by Crippen LogP contribution is -2.45. The van der Waals surface area contributed by atoms with Gasteiger partial charge in [-0.15, -0.1) is 0 Å². The zero-order chi connectivity index (χ0) is 22.4. The minimum absolute atomic E-state index is 0.0650. The van der Waals surface area contributed by atoms with E-state index in [0.717, 1.165) is 27.3 Å². The Kier molecular flexibility index (Phi) is 7.80. The maximum atomic E-state index is 12.9. The number of rotatable bonds is 9. The maximum absolute atomic E-state index is 12.9. The molecule has 0 spiro atoms. The molecule has 166 valence electrons. The fourth-order valence-corrected chi connectivity index (χ4v) is 4.84. The molecule has 0 bridgehead atoms. The van der Waals surface area contributed by atoms with Crippen molar-refractivity contribution in [2.45, 2.75) is 38.1 Å². The number of thioether (sulfide) groups is 1. The van der Waals surface area contributed by atoms with Gasteiger partial charge in [-0.3, -0.25) is 4.79 Å². The number of amides is 1. The first-order valence-corrected chi connectivity index (χ1v) is 11.1. The summed E-state index contributed by atoms with van der Waals surface area (Å²) in [7, 11) is 0. The van der Waals surface area contributed by atoms with Gasteiger partial charge in [0.15, 0.2) is 5.37 Å². The molecular formula is C21H28N6O3S. The lowest BCUT2D eigenvalue weighted by Gasteiger charge is -2.21. The largest absolute Gasteiger partial charge is 0.492 e. The van der Waals surface area contributed by atoms with Gasteiger partial charge in [0, 0.05) is 23.4 Å². The molecule has 2 aliphatic heterocycles. The molecule has 10 heteroatoms. The number of hydrogen-bond acceptors (Lipinski definition) is 9. The second-order valence-corrected chi connectivity index (χ2v) is 9.08. The van der Waals surface area contributed by atoms with E-state index in [1.165, 1.54) is 18.0 Å². The van der Waals surface area contributed by atoms with Gasteiger partial charge >= 0.3 is 0 Å². The number of fused-ring (bicyclic) bond motifs is 2. The molecule has 0 saturated heterocycles. The van der Waals surface area contributed by atoms with E-state index in [-0.39, 0.29) is 25.0 Å². The number of benzene rings is 1. The van der Waals surface area contributed by atoms with E-state index in [0.29, 0.717) is 31.1 Å². The van der Waals surface area contributed by atoms with E-state index in [9.17, 15) is 9.70 Å². The van der Waals surface area contributed by atoms with Gasteiger partial charge in [0.25, 0.3) is 5.91 Å². The van der Waals surface area contributed by atoms with Crippen molar-refractivity contribution in [3.8, 4) is 5.75 Å². The molecule has 5 N–H and O–H groups in total. The summed E-state index contributed by atoms with van der Waals surface area (Å²) >= 11 is 1.48. The third-order valence-corrected chi connectivity index (χ3v) is 6.36. The molecule has 3 rings (SSSR count). The van der Waals surface area contributed by atoms with Gasteiger partial charge in [-0.25, -0.2) is 5.53 Å². The van der Waals surface area contributed by atoms with Crippen molar-refractivity contribution < 1.29 is 9.53 Å². The summed E-state index contributed by atoms with van der Waals surface area (Å²) in [6, 6.07) is 5.47. The predicted octanol–water partition coefficient (Wildman–Crippen LogP) is 3.43. The average molecular weight is 445 g/mol. The zero-order valence-corrected chi connectivity index (χ0v) is 18.5. The van der Waals surface area contributed by atoms with Crippen LogP contribution in [0.25, 0.3) is 11.3 Å². The highest BCUT2D eigenvalue weighted by Gasteiger charge is 2.34. The summed E-state index contributed by atoms with van der Waals surface area (Å²) in [5.41, 5.74) is 16.2. The Morgan fingerprint density at radius 2 is 2.29 bits per heavy atom. The molecular weight excluding hydrogens is 416 g/mol. The number of nitrogens with one attached hydrogen (secondary N) is 3. The van der Waals surface area contributed by atoms with Crippen LogP contribution in [-0.2, 0) is 4.79 Å². The van der Waals surface area contributed by atoms with Crippen molar-refractivity contribution >= 4 is 28.9 Å². The van der Waals surface area contributed by atoms with E-state index in [4.69, 9.17) is 16.0 Å². The summed E-state index contributed by atoms with van der Waals surface area (Å²) in [5.74, 6) is 0.889. The standard InChI is InChI=1S/C21H28N6O3S/c1-12(2)7-15(11-25-29)26-20(28)21-27-19-16-4-3-13(14(9-22)10-24-23)8-17(16)30-6-5-18(19)31-21/h3-4,8,10,12,15,21,23,27H,5-7,9,11,22H2,1-2H3,(H,26,28)/b14-10+,24-23?/t15-,21?/m0/s1. The first-order chi connectivity index (χ1) is 15.0. The van der Waals surface area contributed by atoms with Crippen LogP contribution in [0.1, 0.15) is 37.8 Å². The number of hydrogen-bond donors (Lipinski definition) is 4. The number of nitrogens with zero attached hydrogens (tertiary/aromatic N) is 2. The topological polar surface area (TPSA) is 142 Å². The van der Waals surface area contributed by atoms with Crippen LogP contribution in [-0.4, -0.2) is 37.0 Å². The van der Waals surface area contributed by atoms with Gasteiger partial charge < -0.3 is 21.1 Å². The third-order valence-electron chi connectivity index (χ3n) is 5.10. The zero-order valence-electron chi connectivity index (χ0n) is 17.7. The van der Waals surface area contributed by atoms with Gasteiger partial charge in [-0.05, 0) is 35.6 Å². The summed E-state index contributed by atoms with van der Waals surface area (Å²) in [6.45, 7) is 4.91. The predicted molar refractivity (Wildman–Crippen MR) is 122 cm³/mol. The lowest BCUT2D eigenvalue weighted by atomic mass is 10.0. The van der Waals surface area contributed by atoms with Gasteiger partial charge in [0.1, 0.15) is 12.3 Å². The van der Waals surface area contributed by atoms with Crippen molar-refractivity contribution in [1.29, 1.82) is 5.53 Å². The van der Waals surface area contributed by atoms with Crippen LogP contribution in [0.2, 0.25) is 0 Å². The van der Waals surface area contributed by atoms with Crippen molar-refractivity contribution in [3.63, 3.8) is 0 Å². The smallest absolute Gasteiger partial charge is 0.253 e. The van der Waals surface area contributed by atoms with E-state index < -0.39 is 5.37 Å². The second-order valence-electron chi connectivity index (χ2n) is 7.88. The molecule has 1 unspecified atom stereocenters. The molecule has 0 radical (unpaired) electrons. The minimum atomic E-state index is -0.474. The van der Waals surface area contributed by atoms with E-state index in [1.54, 1.807) is 0 Å². The highest BCUT2D eigenvalue weighted by Crippen LogP contribution is 2.43. The van der Waals surface area contributed by atoms with Crippen molar-refractivity contribution in [2.24, 2.45) is 21.9 Å². The SMILES string of the molecule is CC(C)C[C@@H](CN=O)NC(=O)C1NC2=C(CCOc3cc(/C(=C/N=N)CN)ccc32)S1. The summed E-state index contributed by atoms with van der Waals surface area (Å²) < 4.78 is 5.95. The van der Waals surface area contributed by atoms with Crippen LogP contribution in [0.5, 0.6) is 5.75 Å². The van der Waals surface area contributed by atoms with Crippen LogP contribution in [0.15, 0.2) is 39.6 Å². The van der Waals surface area contributed by atoms with Crippen molar-refractivity contribution in [1.82, 2.24) is 10.6 Å². The quantitative estimate of drug-likeness (QED) is 0.339. The number of nitrogens with two attached hydrogens (primary N) is 1. The molecule has 0 saturated carbocycles.